The number of fused-ring (bicyclic) bond motifs is 1. The van der Waals surface area contributed by atoms with Crippen LogP contribution >= 0.6 is 0 Å². The second kappa shape index (κ2) is 4.87. The Labute approximate surface area is 115 Å². The van der Waals surface area contributed by atoms with E-state index in [1.54, 1.807) is 0 Å². The van der Waals surface area contributed by atoms with Gasteiger partial charge in [0.15, 0.2) is 0 Å². The third-order valence-corrected chi connectivity index (χ3v) is 4.31. The van der Waals surface area contributed by atoms with Gasteiger partial charge in [0.2, 0.25) is 5.95 Å². The average Bonchev–Trinajstić information content (AvgIpc) is 2.81. The third kappa shape index (κ3) is 2.59. The van der Waals surface area contributed by atoms with Gasteiger partial charge in [0.1, 0.15) is 5.69 Å². The first-order valence-corrected chi connectivity index (χ1v) is 6.84. The molecule has 0 aromatic carbocycles. The van der Waals surface area contributed by atoms with Crippen molar-refractivity contribution in [1.82, 2.24) is 9.97 Å². The van der Waals surface area contributed by atoms with Crippen LogP contribution in [0.1, 0.15) is 25.0 Å². The minimum Gasteiger partial charge on any atom is -0.340 e. The van der Waals surface area contributed by atoms with Crippen LogP contribution < -0.4 is 10.6 Å². The van der Waals surface area contributed by atoms with Gasteiger partial charge in [-0.25, -0.2) is 9.97 Å². The van der Waals surface area contributed by atoms with Crippen LogP contribution in [-0.2, 0) is 6.18 Å². The van der Waals surface area contributed by atoms with Crippen molar-refractivity contribution in [2.24, 2.45) is 17.6 Å². The number of hydrogen-bond acceptors (Lipinski definition) is 4. The predicted octanol–water partition coefficient (Wildman–Crippen LogP) is 2.06. The summed E-state index contributed by atoms with van der Waals surface area (Å²) >= 11 is 0. The highest BCUT2D eigenvalue weighted by atomic mass is 19.4. The van der Waals surface area contributed by atoms with Crippen LogP contribution in [0.5, 0.6) is 0 Å². The fourth-order valence-electron chi connectivity index (χ4n) is 3.29. The maximum absolute atomic E-state index is 12.7. The van der Waals surface area contributed by atoms with Crippen molar-refractivity contribution in [2.75, 3.05) is 18.0 Å². The Kier molecular flexibility index (Phi) is 3.32. The van der Waals surface area contributed by atoms with E-state index in [1.807, 2.05) is 4.90 Å². The zero-order valence-corrected chi connectivity index (χ0v) is 11.0. The predicted molar refractivity (Wildman–Crippen MR) is 68.1 cm³/mol. The lowest BCUT2D eigenvalue weighted by atomic mass is 9.79. The fourth-order valence-corrected chi connectivity index (χ4v) is 3.29. The zero-order valence-electron chi connectivity index (χ0n) is 11.0. The molecule has 7 heteroatoms. The minimum absolute atomic E-state index is 0.183. The molecule has 0 spiro atoms. The molecule has 110 valence electrons. The molecule has 1 aromatic rings. The maximum atomic E-state index is 12.7. The number of nitrogens with two attached hydrogens (primary N) is 1. The number of nitrogens with zero attached hydrogens (tertiary/aromatic N) is 3. The van der Waals surface area contributed by atoms with Crippen molar-refractivity contribution in [3.8, 4) is 0 Å². The number of rotatable bonds is 1. The lowest BCUT2D eigenvalue weighted by Gasteiger charge is -2.27. The SMILES string of the molecule is NC1CC[C@@H]2CN(c3nccc(C(F)(F)F)n3)C[C@@H]2C1. The van der Waals surface area contributed by atoms with Crippen LogP contribution in [0.2, 0.25) is 0 Å². The van der Waals surface area contributed by atoms with E-state index in [0.717, 1.165) is 31.9 Å². The second-order valence-electron chi connectivity index (χ2n) is 5.74. The molecule has 0 radical (unpaired) electrons. The van der Waals surface area contributed by atoms with Gasteiger partial charge in [0.05, 0.1) is 0 Å². The molecule has 1 unspecified atom stereocenters. The Balaban J connectivity index is 1.78. The van der Waals surface area contributed by atoms with E-state index in [9.17, 15) is 13.2 Å². The normalized spacial score (nSPS) is 30.4. The average molecular weight is 286 g/mol. The van der Waals surface area contributed by atoms with E-state index in [4.69, 9.17) is 5.73 Å². The molecule has 4 nitrogen and oxygen atoms in total. The van der Waals surface area contributed by atoms with E-state index in [0.29, 0.717) is 18.4 Å². The van der Waals surface area contributed by atoms with Gasteiger partial charge in [-0.2, -0.15) is 13.2 Å². The monoisotopic (exact) mass is 286 g/mol. The van der Waals surface area contributed by atoms with Gasteiger partial charge in [-0.05, 0) is 37.2 Å². The van der Waals surface area contributed by atoms with Gasteiger partial charge >= 0.3 is 6.18 Å². The van der Waals surface area contributed by atoms with Gasteiger partial charge in [0, 0.05) is 25.3 Å². The smallest absolute Gasteiger partial charge is 0.340 e. The summed E-state index contributed by atoms with van der Waals surface area (Å²) in [7, 11) is 0. The van der Waals surface area contributed by atoms with Crippen molar-refractivity contribution in [3.63, 3.8) is 0 Å². The Morgan fingerprint density at radius 2 is 1.95 bits per heavy atom. The lowest BCUT2D eigenvalue weighted by Crippen LogP contribution is -2.32. The molecule has 0 amide bonds. The number of anilines is 1. The minimum atomic E-state index is -4.42. The van der Waals surface area contributed by atoms with E-state index < -0.39 is 11.9 Å². The van der Waals surface area contributed by atoms with E-state index in [2.05, 4.69) is 9.97 Å². The lowest BCUT2D eigenvalue weighted by molar-refractivity contribution is -0.141. The van der Waals surface area contributed by atoms with Crippen LogP contribution in [0.15, 0.2) is 12.3 Å². The molecule has 1 aliphatic heterocycles. The van der Waals surface area contributed by atoms with E-state index in [-0.39, 0.29) is 12.0 Å². The Hall–Kier alpha value is -1.37. The van der Waals surface area contributed by atoms with Gasteiger partial charge in [-0.3, -0.25) is 0 Å². The van der Waals surface area contributed by atoms with E-state index in [1.165, 1.54) is 6.20 Å². The van der Waals surface area contributed by atoms with E-state index >= 15 is 0 Å². The molecule has 2 aliphatic rings. The van der Waals surface area contributed by atoms with Gasteiger partial charge in [-0.15, -0.1) is 0 Å². The van der Waals surface area contributed by atoms with Crippen LogP contribution in [0.3, 0.4) is 0 Å². The first-order chi connectivity index (χ1) is 9.43. The number of hydrogen-bond donors (Lipinski definition) is 1. The molecule has 1 aliphatic carbocycles. The standard InChI is InChI=1S/C13H17F3N4/c14-13(15,16)11-3-4-18-12(19-11)20-6-8-1-2-10(17)5-9(8)7-20/h3-4,8-10H,1-2,5-7,17H2/t8-,9+,10?/m1/s1. The third-order valence-electron chi connectivity index (χ3n) is 4.31. The summed E-state index contributed by atoms with van der Waals surface area (Å²) in [5, 5.41) is 0. The Morgan fingerprint density at radius 1 is 1.20 bits per heavy atom. The summed E-state index contributed by atoms with van der Waals surface area (Å²) < 4.78 is 38.0. The maximum Gasteiger partial charge on any atom is 0.433 e. The number of halogens is 3. The topological polar surface area (TPSA) is 55.0 Å². The second-order valence-corrected chi connectivity index (χ2v) is 5.74. The summed E-state index contributed by atoms with van der Waals surface area (Å²) in [6.45, 7) is 1.44. The largest absolute Gasteiger partial charge is 0.433 e. The molecule has 2 fully saturated rings. The molecular formula is C13H17F3N4. The van der Waals surface area contributed by atoms with Crippen molar-refractivity contribution >= 4 is 5.95 Å². The number of alkyl halides is 3. The van der Waals surface area contributed by atoms with Gasteiger partial charge in [-0.1, -0.05) is 0 Å². The Bertz CT molecular complexity index is 491. The molecule has 1 saturated heterocycles. The molecule has 0 bridgehead atoms. The quantitative estimate of drug-likeness (QED) is 0.858. The van der Waals surface area contributed by atoms with Crippen LogP contribution in [0.25, 0.3) is 0 Å². The highest BCUT2D eigenvalue weighted by Crippen LogP contribution is 2.37. The highest BCUT2D eigenvalue weighted by Gasteiger charge is 2.39. The molecule has 2 N–H and O–H groups in total. The van der Waals surface area contributed by atoms with Gasteiger partial charge < -0.3 is 10.6 Å². The fraction of sp³-hybridized carbons (Fsp3) is 0.692. The summed E-state index contributed by atoms with van der Waals surface area (Å²) in [6, 6.07) is 1.13. The Morgan fingerprint density at radius 3 is 2.70 bits per heavy atom. The molecule has 2 heterocycles. The molecule has 1 aromatic heterocycles. The van der Waals surface area contributed by atoms with Crippen LogP contribution in [0.4, 0.5) is 19.1 Å². The molecule has 1 saturated carbocycles. The van der Waals surface area contributed by atoms with Crippen LogP contribution in [-0.4, -0.2) is 29.1 Å². The summed E-state index contributed by atoms with van der Waals surface area (Å²) in [5.74, 6) is 1.15. The molecule has 3 atom stereocenters. The first-order valence-electron chi connectivity index (χ1n) is 6.84. The van der Waals surface area contributed by atoms with Crippen LogP contribution in [0, 0.1) is 11.8 Å². The summed E-state index contributed by atoms with van der Waals surface area (Å²) in [6.07, 6.45) is -0.259. The first kappa shape index (κ1) is 13.6. The molecule has 3 rings (SSSR count). The van der Waals surface area contributed by atoms with Crippen molar-refractivity contribution in [1.29, 1.82) is 0 Å². The zero-order chi connectivity index (χ0) is 14.3. The summed E-state index contributed by atoms with van der Waals surface area (Å²) in [5.41, 5.74) is 5.08. The van der Waals surface area contributed by atoms with Gasteiger partial charge in [0.25, 0.3) is 0 Å². The number of aromatic nitrogens is 2. The van der Waals surface area contributed by atoms with Crippen molar-refractivity contribution in [3.05, 3.63) is 18.0 Å². The highest BCUT2D eigenvalue weighted by molar-refractivity contribution is 5.33. The van der Waals surface area contributed by atoms with Crippen molar-refractivity contribution < 1.29 is 13.2 Å². The molecule has 20 heavy (non-hydrogen) atoms. The summed E-state index contributed by atoms with van der Waals surface area (Å²) in [4.78, 5) is 9.52. The van der Waals surface area contributed by atoms with Crippen molar-refractivity contribution in [2.45, 2.75) is 31.5 Å². The molecular weight excluding hydrogens is 269 g/mol.